The third-order valence-corrected chi connectivity index (χ3v) is 7.32. The van der Waals surface area contributed by atoms with Crippen molar-refractivity contribution in [3.63, 3.8) is 0 Å². The summed E-state index contributed by atoms with van der Waals surface area (Å²) in [4.78, 5) is 39.3. The summed E-state index contributed by atoms with van der Waals surface area (Å²) in [5.41, 5.74) is 5.97. The summed E-state index contributed by atoms with van der Waals surface area (Å²) in [6.07, 6.45) is 7.95. The molecule has 1 aliphatic carbocycles. The lowest BCUT2D eigenvalue weighted by atomic mass is 9.88. The second-order valence-corrected chi connectivity index (χ2v) is 10.3. The zero-order valence-corrected chi connectivity index (χ0v) is 22.3. The first-order valence-electron chi connectivity index (χ1n) is 13.6. The highest BCUT2D eigenvalue weighted by atomic mass is 16.2. The Labute approximate surface area is 229 Å². The van der Waals surface area contributed by atoms with Crippen molar-refractivity contribution < 1.29 is 14.4 Å². The second-order valence-electron chi connectivity index (χ2n) is 10.3. The highest BCUT2D eigenvalue weighted by Gasteiger charge is 2.38. The van der Waals surface area contributed by atoms with Gasteiger partial charge in [0.2, 0.25) is 11.8 Å². The van der Waals surface area contributed by atoms with Crippen LogP contribution in [0.4, 0.5) is 5.69 Å². The Morgan fingerprint density at radius 1 is 0.949 bits per heavy atom. The van der Waals surface area contributed by atoms with E-state index in [1.807, 2.05) is 36.4 Å². The molecule has 2 aromatic carbocycles. The molecule has 2 aliphatic heterocycles. The van der Waals surface area contributed by atoms with Crippen LogP contribution in [0, 0.1) is 5.92 Å². The molecular weight excluding hydrogens is 490 g/mol. The number of hydrogen-bond donors (Lipinski definition) is 4. The van der Waals surface area contributed by atoms with Crippen LogP contribution in [0.5, 0.6) is 0 Å². The average Bonchev–Trinajstić information content (AvgIpc) is 3.27. The largest absolute Gasteiger partial charge is 0.355 e. The van der Waals surface area contributed by atoms with Gasteiger partial charge in [0, 0.05) is 42.9 Å². The molecular formula is C31H35N5O3. The number of likely N-dealkylation sites (tertiary alicyclic amines) is 1. The van der Waals surface area contributed by atoms with E-state index in [4.69, 9.17) is 0 Å². The first-order chi connectivity index (χ1) is 19.0. The van der Waals surface area contributed by atoms with Crippen LogP contribution in [0.1, 0.15) is 43.7 Å². The SMILES string of the molecule is CC(=O)NCC(=O)NC1=CC=C2NC(=O)C(=C(Nc3ccc(CN4CCCCC4)cc3)c3ccccc3)C2C1. The van der Waals surface area contributed by atoms with Crippen molar-refractivity contribution in [2.45, 2.75) is 39.2 Å². The summed E-state index contributed by atoms with van der Waals surface area (Å²) < 4.78 is 0. The predicted octanol–water partition coefficient (Wildman–Crippen LogP) is 3.67. The number of fused-ring (bicyclic) bond motifs is 1. The topological polar surface area (TPSA) is 103 Å². The van der Waals surface area contributed by atoms with E-state index in [-0.39, 0.29) is 30.2 Å². The molecule has 202 valence electrons. The molecule has 2 aromatic rings. The van der Waals surface area contributed by atoms with Crippen molar-refractivity contribution in [1.82, 2.24) is 20.9 Å². The molecule has 2 heterocycles. The van der Waals surface area contributed by atoms with Gasteiger partial charge in [-0.15, -0.1) is 0 Å². The van der Waals surface area contributed by atoms with Gasteiger partial charge in [-0.25, -0.2) is 0 Å². The molecule has 0 aromatic heterocycles. The van der Waals surface area contributed by atoms with Gasteiger partial charge in [-0.1, -0.05) is 48.9 Å². The van der Waals surface area contributed by atoms with Crippen LogP contribution in [-0.2, 0) is 20.9 Å². The van der Waals surface area contributed by atoms with E-state index in [1.54, 1.807) is 6.08 Å². The Balaban J connectivity index is 1.38. The molecule has 1 unspecified atom stereocenters. The van der Waals surface area contributed by atoms with E-state index in [0.29, 0.717) is 17.7 Å². The number of rotatable bonds is 8. The third-order valence-electron chi connectivity index (χ3n) is 7.32. The molecule has 39 heavy (non-hydrogen) atoms. The van der Waals surface area contributed by atoms with Gasteiger partial charge in [-0.2, -0.15) is 0 Å². The summed E-state index contributed by atoms with van der Waals surface area (Å²) in [6, 6.07) is 18.3. The lowest BCUT2D eigenvalue weighted by Crippen LogP contribution is -2.36. The van der Waals surface area contributed by atoms with Gasteiger partial charge in [0.25, 0.3) is 5.91 Å². The summed E-state index contributed by atoms with van der Waals surface area (Å²) in [7, 11) is 0. The number of piperidine rings is 1. The fourth-order valence-corrected chi connectivity index (χ4v) is 5.37. The minimum absolute atomic E-state index is 0.0988. The molecule has 2 saturated heterocycles. The summed E-state index contributed by atoms with van der Waals surface area (Å²) in [6.45, 7) is 4.53. The van der Waals surface area contributed by atoms with Gasteiger partial charge < -0.3 is 21.3 Å². The van der Waals surface area contributed by atoms with Gasteiger partial charge in [-0.05, 0) is 61.3 Å². The van der Waals surface area contributed by atoms with Gasteiger partial charge in [0.05, 0.1) is 17.8 Å². The Kier molecular flexibility index (Phi) is 8.22. The molecule has 0 radical (unpaired) electrons. The second kappa shape index (κ2) is 12.1. The molecule has 2 fully saturated rings. The predicted molar refractivity (Wildman–Crippen MR) is 152 cm³/mol. The number of nitrogens with zero attached hydrogens (tertiary/aromatic N) is 1. The van der Waals surface area contributed by atoms with Crippen molar-refractivity contribution in [2.75, 3.05) is 25.0 Å². The molecule has 8 nitrogen and oxygen atoms in total. The van der Waals surface area contributed by atoms with Crippen LogP contribution in [0.25, 0.3) is 5.70 Å². The van der Waals surface area contributed by atoms with E-state index in [1.165, 1.54) is 31.7 Å². The molecule has 3 aliphatic rings. The number of hydrogen-bond acceptors (Lipinski definition) is 5. The van der Waals surface area contributed by atoms with Crippen LogP contribution < -0.4 is 21.3 Å². The number of allylic oxidation sites excluding steroid dienone is 4. The van der Waals surface area contributed by atoms with Crippen molar-refractivity contribution >= 4 is 29.1 Å². The molecule has 8 heteroatoms. The van der Waals surface area contributed by atoms with Crippen molar-refractivity contribution in [3.8, 4) is 0 Å². The van der Waals surface area contributed by atoms with E-state index in [2.05, 4.69) is 50.4 Å². The fourth-order valence-electron chi connectivity index (χ4n) is 5.37. The van der Waals surface area contributed by atoms with Crippen LogP contribution in [0.15, 0.2) is 83.7 Å². The number of nitrogens with one attached hydrogen (secondary N) is 4. The smallest absolute Gasteiger partial charge is 0.254 e. The van der Waals surface area contributed by atoms with Crippen molar-refractivity contribution in [3.05, 3.63) is 94.8 Å². The Morgan fingerprint density at radius 2 is 1.69 bits per heavy atom. The van der Waals surface area contributed by atoms with E-state index in [0.717, 1.165) is 42.3 Å². The first-order valence-corrected chi connectivity index (χ1v) is 13.6. The minimum Gasteiger partial charge on any atom is -0.355 e. The lowest BCUT2D eigenvalue weighted by molar-refractivity contribution is -0.124. The van der Waals surface area contributed by atoms with E-state index >= 15 is 0 Å². The van der Waals surface area contributed by atoms with Crippen LogP contribution in [0.2, 0.25) is 0 Å². The molecule has 0 bridgehead atoms. The van der Waals surface area contributed by atoms with Crippen LogP contribution in [0.3, 0.4) is 0 Å². The molecule has 1 atom stereocenters. The van der Waals surface area contributed by atoms with Gasteiger partial charge in [-0.3, -0.25) is 19.3 Å². The Morgan fingerprint density at radius 3 is 2.41 bits per heavy atom. The quantitative estimate of drug-likeness (QED) is 0.394. The molecule has 0 saturated carbocycles. The zero-order chi connectivity index (χ0) is 27.2. The standard InChI is InChI=1S/C31H35N5O3/c1-21(37)32-19-28(38)33-25-14-15-27-26(18-25)29(31(39)35-27)30(23-8-4-2-5-9-23)34-24-12-10-22(11-13-24)20-36-16-6-3-7-17-36/h2,4-5,8-15,26,34H,3,6-7,16-20H2,1H3,(H,32,37)(H,33,38)(H,35,39). The van der Waals surface area contributed by atoms with Crippen molar-refractivity contribution in [1.29, 1.82) is 0 Å². The zero-order valence-electron chi connectivity index (χ0n) is 22.3. The van der Waals surface area contributed by atoms with Crippen LogP contribution >= 0.6 is 0 Å². The monoisotopic (exact) mass is 525 g/mol. The Bertz CT molecular complexity index is 1320. The van der Waals surface area contributed by atoms with E-state index < -0.39 is 0 Å². The molecule has 5 rings (SSSR count). The van der Waals surface area contributed by atoms with Gasteiger partial charge in [0.1, 0.15) is 0 Å². The number of carbonyl (C=O) groups is 3. The maximum atomic E-state index is 13.3. The number of benzene rings is 2. The highest BCUT2D eigenvalue weighted by molar-refractivity contribution is 6.07. The number of carbonyl (C=O) groups excluding carboxylic acids is 3. The number of anilines is 1. The van der Waals surface area contributed by atoms with E-state index in [9.17, 15) is 14.4 Å². The van der Waals surface area contributed by atoms with Gasteiger partial charge >= 0.3 is 0 Å². The summed E-state index contributed by atoms with van der Waals surface area (Å²) in [5, 5.41) is 11.9. The highest BCUT2D eigenvalue weighted by Crippen LogP contribution is 2.38. The minimum atomic E-state index is -0.304. The summed E-state index contributed by atoms with van der Waals surface area (Å²) >= 11 is 0. The third kappa shape index (κ3) is 6.64. The number of amides is 3. The fraction of sp³-hybridized carbons (Fsp3) is 0.323. The van der Waals surface area contributed by atoms with Gasteiger partial charge in [0.15, 0.2) is 0 Å². The maximum Gasteiger partial charge on any atom is 0.254 e. The maximum absolute atomic E-state index is 13.3. The Hall–Kier alpha value is -4.17. The summed E-state index contributed by atoms with van der Waals surface area (Å²) in [5.74, 6) is -0.959. The molecule has 3 amide bonds. The normalized spacial score (nSPS) is 20.2. The average molecular weight is 526 g/mol. The molecule has 0 spiro atoms. The first kappa shape index (κ1) is 26.4. The van der Waals surface area contributed by atoms with Crippen LogP contribution in [-0.4, -0.2) is 42.3 Å². The lowest BCUT2D eigenvalue weighted by Gasteiger charge is -2.26. The van der Waals surface area contributed by atoms with Crippen molar-refractivity contribution in [2.24, 2.45) is 5.92 Å². The molecule has 4 N–H and O–H groups in total.